The van der Waals surface area contributed by atoms with Gasteiger partial charge in [0, 0.05) is 5.56 Å². The third-order valence-corrected chi connectivity index (χ3v) is 3.88. The molecule has 0 aliphatic heterocycles. The van der Waals surface area contributed by atoms with E-state index >= 15 is 0 Å². The van der Waals surface area contributed by atoms with Crippen molar-refractivity contribution < 1.29 is 9.53 Å². The maximum Gasteiger partial charge on any atom is 0.308 e. The first-order chi connectivity index (χ1) is 9.31. The summed E-state index contributed by atoms with van der Waals surface area (Å²) in [4.78, 5) is 11.3. The first-order valence-corrected chi connectivity index (χ1v) is 10.5. The fraction of sp³-hybridized carbons (Fsp3) is 0.471. The van der Waals surface area contributed by atoms with Crippen molar-refractivity contribution in [3.05, 3.63) is 35.4 Å². The number of esters is 1. The molecule has 0 aliphatic rings. The highest BCUT2D eigenvalue weighted by atomic mass is 28.3. The quantitative estimate of drug-likeness (QED) is 0.480. The molecule has 0 spiro atoms. The van der Waals surface area contributed by atoms with E-state index < -0.39 is 8.07 Å². The molecule has 0 radical (unpaired) electrons. The Kier molecular flexibility index (Phi) is 6.03. The molecule has 1 rings (SSSR count). The molecule has 20 heavy (non-hydrogen) atoms. The molecule has 0 aromatic heterocycles. The zero-order chi connectivity index (χ0) is 15.2. The molecule has 0 saturated carbocycles. The molecule has 0 unspecified atom stereocenters. The first kappa shape index (κ1) is 16.5. The summed E-state index contributed by atoms with van der Waals surface area (Å²) < 4.78 is 4.73. The fourth-order valence-corrected chi connectivity index (χ4v) is 2.24. The van der Waals surface area contributed by atoms with E-state index in [4.69, 9.17) is 4.74 Å². The normalized spacial score (nSPS) is 12.2. The molecule has 3 heteroatoms. The van der Waals surface area contributed by atoms with Gasteiger partial charge in [-0.2, -0.15) is 0 Å². The number of hydrogen-bond donors (Lipinski definition) is 0. The Balaban J connectivity index is 2.59. The van der Waals surface area contributed by atoms with Gasteiger partial charge in [0.2, 0.25) is 0 Å². The van der Waals surface area contributed by atoms with Gasteiger partial charge in [0.1, 0.15) is 8.07 Å². The molecule has 0 fully saturated rings. The van der Waals surface area contributed by atoms with E-state index in [1.165, 1.54) is 12.7 Å². The van der Waals surface area contributed by atoms with Gasteiger partial charge in [-0.3, -0.25) is 4.79 Å². The number of carbonyl (C=O) groups excluding carboxylic acids is 1. The molecule has 0 aliphatic carbocycles. The maximum atomic E-state index is 11.3. The minimum Gasteiger partial charge on any atom is -0.469 e. The van der Waals surface area contributed by atoms with Crippen LogP contribution >= 0.6 is 0 Å². The average Bonchev–Trinajstić information content (AvgIpc) is 2.41. The second-order valence-electron chi connectivity index (χ2n) is 6.16. The summed E-state index contributed by atoms with van der Waals surface area (Å²) in [6.45, 7) is 8.62. The van der Waals surface area contributed by atoms with E-state index in [1.54, 1.807) is 0 Å². The predicted molar refractivity (Wildman–Crippen MR) is 86.2 cm³/mol. The van der Waals surface area contributed by atoms with Crippen LogP contribution in [0.1, 0.15) is 24.5 Å². The van der Waals surface area contributed by atoms with E-state index in [2.05, 4.69) is 55.4 Å². The highest BCUT2D eigenvalue weighted by molar-refractivity contribution is 6.83. The number of ether oxygens (including phenoxy) is 1. The van der Waals surface area contributed by atoms with E-state index in [9.17, 15) is 4.79 Å². The van der Waals surface area contributed by atoms with Crippen LogP contribution in [0.5, 0.6) is 0 Å². The lowest BCUT2D eigenvalue weighted by atomic mass is 10.0. The molecule has 0 bridgehead atoms. The van der Waals surface area contributed by atoms with Gasteiger partial charge in [0.15, 0.2) is 0 Å². The summed E-state index contributed by atoms with van der Waals surface area (Å²) >= 11 is 0. The van der Waals surface area contributed by atoms with Gasteiger partial charge in [0.25, 0.3) is 0 Å². The summed E-state index contributed by atoms with van der Waals surface area (Å²) in [5.41, 5.74) is 5.66. The van der Waals surface area contributed by atoms with Crippen LogP contribution in [0.3, 0.4) is 0 Å². The molecule has 0 heterocycles. The van der Waals surface area contributed by atoms with Gasteiger partial charge in [-0.1, -0.05) is 44.6 Å². The third-order valence-electron chi connectivity index (χ3n) is 3.01. The fourth-order valence-electron chi connectivity index (χ4n) is 1.72. The van der Waals surface area contributed by atoms with Crippen LogP contribution in [0, 0.1) is 17.4 Å². The van der Waals surface area contributed by atoms with Crippen molar-refractivity contribution in [2.24, 2.45) is 5.92 Å². The highest BCUT2D eigenvalue weighted by Gasteiger charge is 2.12. The van der Waals surface area contributed by atoms with Crippen LogP contribution < -0.4 is 0 Å². The first-order valence-electron chi connectivity index (χ1n) is 7.02. The molecule has 108 valence electrons. The van der Waals surface area contributed by atoms with Crippen molar-refractivity contribution in [3.8, 4) is 11.5 Å². The summed E-state index contributed by atoms with van der Waals surface area (Å²) in [6, 6.07) is 8.31. The molecule has 0 N–H and O–H groups in total. The Morgan fingerprint density at radius 2 is 1.85 bits per heavy atom. The molecular formula is C17H24O2Si. The third kappa shape index (κ3) is 6.07. The van der Waals surface area contributed by atoms with Gasteiger partial charge in [-0.25, -0.2) is 0 Å². The second kappa shape index (κ2) is 7.30. The predicted octanol–water partition coefficient (Wildman–Crippen LogP) is 3.66. The van der Waals surface area contributed by atoms with E-state index in [1.807, 2.05) is 6.92 Å². The highest BCUT2D eigenvalue weighted by Crippen LogP contribution is 2.12. The number of aryl methyl sites for hydroxylation is 1. The Hall–Kier alpha value is -1.53. The van der Waals surface area contributed by atoms with Gasteiger partial charge >= 0.3 is 5.97 Å². The van der Waals surface area contributed by atoms with Crippen molar-refractivity contribution >= 4 is 14.0 Å². The lowest BCUT2D eigenvalue weighted by molar-refractivity contribution is -0.145. The zero-order valence-electron chi connectivity index (χ0n) is 13.1. The molecule has 1 aromatic rings. The van der Waals surface area contributed by atoms with Crippen LogP contribution in [0.4, 0.5) is 0 Å². The molecular weight excluding hydrogens is 264 g/mol. The lowest BCUT2D eigenvalue weighted by Crippen LogP contribution is -2.16. The number of benzene rings is 1. The van der Waals surface area contributed by atoms with Crippen LogP contribution in [-0.2, 0) is 16.0 Å². The Morgan fingerprint density at radius 3 is 2.35 bits per heavy atom. The topological polar surface area (TPSA) is 26.3 Å². The summed E-state index contributed by atoms with van der Waals surface area (Å²) in [5, 5.41) is 0. The number of carbonyl (C=O) groups is 1. The number of methoxy groups -OCH3 is 1. The molecule has 1 aromatic carbocycles. The van der Waals surface area contributed by atoms with Gasteiger partial charge < -0.3 is 4.74 Å². The lowest BCUT2D eigenvalue weighted by Gasteiger charge is -2.08. The molecule has 1 atom stereocenters. The minimum absolute atomic E-state index is 0.0497. The van der Waals surface area contributed by atoms with E-state index in [0.717, 1.165) is 18.4 Å². The van der Waals surface area contributed by atoms with Gasteiger partial charge in [-0.05, 0) is 30.5 Å². The maximum absolute atomic E-state index is 11.3. The molecule has 2 nitrogen and oxygen atoms in total. The Labute approximate surface area is 123 Å². The van der Waals surface area contributed by atoms with Gasteiger partial charge in [-0.15, -0.1) is 5.54 Å². The largest absolute Gasteiger partial charge is 0.469 e. The standard InChI is InChI=1S/C17H24O2Si/c1-14(17(18)19-2)6-7-15-8-10-16(11-9-15)12-13-20(3,4)5/h8-11,14H,6-7H2,1-5H3/t14-/m0/s1. The summed E-state index contributed by atoms with van der Waals surface area (Å²) in [5.74, 6) is 3.06. The Bertz CT molecular complexity index is 501. The van der Waals surface area contributed by atoms with Crippen molar-refractivity contribution in [2.75, 3.05) is 7.11 Å². The van der Waals surface area contributed by atoms with Crippen LogP contribution in [0.15, 0.2) is 24.3 Å². The van der Waals surface area contributed by atoms with Crippen molar-refractivity contribution in [1.29, 1.82) is 0 Å². The summed E-state index contributed by atoms with van der Waals surface area (Å²) in [6.07, 6.45) is 1.70. The average molecular weight is 288 g/mol. The minimum atomic E-state index is -1.31. The van der Waals surface area contributed by atoms with Crippen LogP contribution in [0.25, 0.3) is 0 Å². The van der Waals surface area contributed by atoms with Crippen molar-refractivity contribution in [1.82, 2.24) is 0 Å². The van der Waals surface area contributed by atoms with Gasteiger partial charge in [0.05, 0.1) is 13.0 Å². The number of hydrogen-bond acceptors (Lipinski definition) is 2. The van der Waals surface area contributed by atoms with Crippen LogP contribution in [0.2, 0.25) is 19.6 Å². The monoisotopic (exact) mass is 288 g/mol. The SMILES string of the molecule is COC(=O)[C@@H](C)CCc1ccc(C#C[Si](C)(C)C)cc1. The molecule has 0 amide bonds. The van der Waals surface area contributed by atoms with E-state index in [-0.39, 0.29) is 11.9 Å². The van der Waals surface area contributed by atoms with Crippen molar-refractivity contribution in [2.45, 2.75) is 39.4 Å². The van der Waals surface area contributed by atoms with Crippen LogP contribution in [-0.4, -0.2) is 21.2 Å². The Morgan fingerprint density at radius 1 is 1.25 bits per heavy atom. The smallest absolute Gasteiger partial charge is 0.308 e. The second-order valence-corrected chi connectivity index (χ2v) is 10.9. The number of rotatable bonds is 4. The zero-order valence-corrected chi connectivity index (χ0v) is 14.1. The van der Waals surface area contributed by atoms with E-state index in [0.29, 0.717) is 0 Å². The molecule has 0 saturated heterocycles. The summed E-state index contributed by atoms with van der Waals surface area (Å²) in [7, 11) is 0.122. The van der Waals surface area contributed by atoms with Crippen molar-refractivity contribution in [3.63, 3.8) is 0 Å².